The van der Waals surface area contributed by atoms with Gasteiger partial charge in [-0.2, -0.15) is 5.10 Å². The van der Waals surface area contributed by atoms with E-state index in [1.54, 1.807) is 11.3 Å². The lowest BCUT2D eigenvalue weighted by atomic mass is 10.1. The summed E-state index contributed by atoms with van der Waals surface area (Å²) in [6, 6.07) is 1.98. The van der Waals surface area contributed by atoms with E-state index in [2.05, 4.69) is 30.7 Å². The highest BCUT2D eigenvalue weighted by atomic mass is 32.1. The summed E-state index contributed by atoms with van der Waals surface area (Å²) in [5.41, 5.74) is 0. The third-order valence-electron chi connectivity index (χ3n) is 3.98. The molecule has 6 nitrogen and oxygen atoms in total. The predicted octanol–water partition coefficient (Wildman–Crippen LogP) is 1.87. The molecule has 4 heterocycles. The molecule has 4 rings (SSSR count). The molecule has 1 aliphatic rings. The Hall–Kier alpha value is -1.99. The molecule has 1 unspecified atom stereocenters. The number of fused-ring (bicyclic) bond motifs is 1. The van der Waals surface area contributed by atoms with Crippen LogP contribution in [0.2, 0.25) is 0 Å². The van der Waals surface area contributed by atoms with Crippen molar-refractivity contribution >= 4 is 11.3 Å². The highest BCUT2D eigenvalue weighted by Gasteiger charge is 2.23. The summed E-state index contributed by atoms with van der Waals surface area (Å²) < 4.78 is 4.30. The van der Waals surface area contributed by atoms with Crippen molar-refractivity contribution in [1.29, 1.82) is 0 Å². The van der Waals surface area contributed by atoms with E-state index >= 15 is 0 Å². The third kappa shape index (κ3) is 2.95. The number of hydrogen-bond donors (Lipinski definition) is 0. The highest BCUT2D eigenvalue weighted by molar-refractivity contribution is 7.09. The monoisotopic (exact) mass is 314 g/mol. The molecule has 0 fully saturated rings. The van der Waals surface area contributed by atoms with Crippen molar-refractivity contribution in [3.63, 3.8) is 0 Å². The van der Waals surface area contributed by atoms with Crippen molar-refractivity contribution in [3.8, 4) is 0 Å². The third-order valence-corrected chi connectivity index (χ3v) is 4.75. The molecule has 0 amide bonds. The first-order valence-corrected chi connectivity index (χ1v) is 8.33. The number of thiazole rings is 1. The molecular formula is C15H18N6S. The Morgan fingerprint density at radius 2 is 2.14 bits per heavy atom. The largest absolute Gasteiger partial charge is 0.333 e. The Balaban J connectivity index is 1.54. The molecule has 0 saturated carbocycles. The van der Waals surface area contributed by atoms with Gasteiger partial charge in [-0.25, -0.2) is 9.97 Å². The van der Waals surface area contributed by atoms with Gasteiger partial charge in [0.2, 0.25) is 0 Å². The maximum atomic E-state index is 4.51. The summed E-state index contributed by atoms with van der Waals surface area (Å²) in [6.07, 6.45) is 9.73. The van der Waals surface area contributed by atoms with E-state index in [9.17, 15) is 0 Å². The second-order valence-corrected chi connectivity index (χ2v) is 6.66. The van der Waals surface area contributed by atoms with Crippen molar-refractivity contribution in [1.82, 2.24) is 29.2 Å². The average Bonchev–Trinajstić information content (AvgIpc) is 3.22. The fourth-order valence-corrected chi connectivity index (χ4v) is 3.71. The fraction of sp³-hybridized carbons (Fsp3) is 0.400. The van der Waals surface area contributed by atoms with Crippen molar-refractivity contribution < 1.29 is 0 Å². The van der Waals surface area contributed by atoms with Gasteiger partial charge in [-0.3, -0.25) is 9.58 Å². The normalized spacial score (nSPS) is 19.0. The Bertz CT molecular complexity index is 644. The van der Waals surface area contributed by atoms with E-state index in [0.717, 1.165) is 43.6 Å². The maximum absolute atomic E-state index is 4.51. The van der Waals surface area contributed by atoms with Crippen LogP contribution in [0.25, 0.3) is 0 Å². The van der Waals surface area contributed by atoms with Crippen LogP contribution in [0.5, 0.6) is 0 Å². The topological polar surface area (TPSA) is 51.8 Å². The van der Waals surface area contributed by atoms with Crippen molar-refractivity contribution in [2.24, 2.45) is 5.92 Å². The zero-order valence-electron chi connectivity index (χ0n) is 12.2. The summed E-state index contributed by atoms with van der Waals surface area (Å²) >= 11 is 1.72. The van der Waals surface area contributed by atoms with Gasteiger partial charge in [-0.15, -0.1) is 11.3 Å². The summed E-state index contributed by atoms with van der Waals surface area (Å²) in [7, 11) is 0. The Kier molecular flexibility index (Phi) is 3.74. The minimum Gasteiger partial charge on any atom is -0.333 e. The van der Waals surface area contributed by atoms with Crippen molar-refractivity contribution in [3.05, 3.63) is 53.3 Å². The Labute approximate surface area is 133 Å². The van der Waals surface area contributed by atoms with Gasteiger partial charge in [0.25, 0.3) is 0 Å². The molecule has 0 radical (unpaired) electrons. The smallest absolute Gasteiger partial charge is 0.122 e. The van der Waals surface area contributed by atoms with Crippen LogP contribution in [-0.2, 0) is 26.2 Å². The molecule has 0 spiro atoms. The number of imidazole rings is 1. The van der Waals surface area contributed by atoms with Crippen LogP contribution in [-0.4, -0.2) is 35.8 Å². The standard InChI is InChI=1S/C15H18N6S/c1-2-18-21(5-1)10-13-8-19(12-15-17-4-7-22-15)11-14-16-3-6-20(14)9-13/h1-7,13H,8-12H2. The van der Waals surface area contributed by atoms with Crippen LogP contribution in [0.4, 0.5) is 0 Å². The molecule has 22 heavy (non-hydrogen) atoms. The van der Waals surface area contributed by atoms with Crippen LogP contribution in [0.3, 0.4) is 0 Å². The molecule has 7 heteroatoms. The molecule has 0 aliphatic carbocycles. The zero-order valence-corrected chi connectivity index (χ0v) is 13.1. The van der Waals surface area contributed by atoms with Crippen LogP contribution in [0, 0.1) is 5.92 Å². The minimum atomic E-state index is 0.510. The predicted molar refractivity (Wildman–Crippen MR) is 84.2 cm³/mol. The molecule has 0 saturated heterocycles. The van der Waals surface area contributed by atoms with E-state index in [0.29, 0.717) is 5.92 Å². The highest BCUT2D eigenvalue weighted by Crippen LogP contribution is 2.19. The van der Waals surface area contributed by atoms with E-state index < -0.39 is 0 Å². The SMILES string of the molecule is c1cnn(CC2CN(Cc3nccs3)Cc3nccn3C2)c1. The first kappa shape index (κ1) is 13.7. The molecule has 1 aliphatic heterocycles. The second kappa shape index (κ2) is 6.02. The summed E-state index contributed by atoms with van der Waals surface area (Å²) in [5.74, 6) is 1.65. The van der Waals surface area contributed by atoms with Crippen LogP contribution >= 0.6 is 11.3 Å². The van der Waals surface area contributed by atoms with Crippen molar-refractivity contribution in [2.45, 2.75) is 26.2 Å². The molecule has 3 aromatic heterocycles. The maximum Gasteiger partial charge on any atom is 0.122 e. The summed E-state index contributed by atoms with van der Waals surface area (Å²) in [6.45, 7) is 4.72. The Morgan fingerprint density at radius 1 is 1.14 bits per heavy atom. The molecule has 0 N–H and O–H groups in total. The van der Waals surface area contributed by atoms with Gasteiger partial charge in [-0.1, -0.05) is 0 Å². The fourth-order valence-electron chi connectivity index (χ4n) is 3.05. The van der Waals surface area contributed by atoms with E-state index in [4.69, 9.17) is 0 Å². The number of nitrogens with zero attached hydrogens (tertiary/aromatic N) is 6. The number of aromatic nitrogens is 5. The lowest BCUT2D eigenvalue weighted by Gasteiger charge is -2.22. The number of hydrogen-bond acceptors (Lipinski definition) is 5. The van der Waals surface area contributed by atoms with Crippen LogP contribution in [0.15, 0.2) is 42.4 Å². The van der Waals surface area contributed by atoms with Gasteiger partial charge in [0.05, 0.1) is 13.1 Å². The van der Waals surface area contributed by atoms with Crippen LogP contribution in [0.1, 0.15) is 10.8 Å². The molecule has 0 aromatic carbocycles. The lowest BCUT2D eigenvalue weighted by Crippen LogP contribution is -2.30. The molecule has 3 aromatic rings. The first-order chi connectivity index (χ1) is 10.9. The zero-order chi connectivity index (χ0) is 14.8. The summed E-state index contributed by atoms with van der Waals surface area (Å²) in [5, 5.41) is 7.55. The van der Waals surface area contributed by atoms with Gasteiger partial charge >= 0.3 is 0 Å². The van der Waals surface area contributed by atoms with Gasteiger partial charge < -0.3 is 4.57 Å². The van der Waals surface area contributed by atoms with Gasteiger partial charge in [0, 0.05) is 61.9 Å². The lowest BCUT2D eigenvalue weighted by molar-refractivity contribution is 0.205. The van der Waals surface area contributed by atoms with E-state index in [-0.39, 0.29) is 0 Å². The minimum absolute atomic E-state index is 0.510. The Morgan fingerprint density at radius 3 is 2.95 bits per heavy atom. The molecular weight excluding hydrogens is 296 g/mol. The van der Waals surface area contributed by atoms with Gasteiger partial charge in [0.15, 0.2) is 0 Å². The summed E-state index contributed by atoms with van der Waals surface area (Å²) in [4.78, 5) is 11.4. The van der Waals surface area contributed by atoms with Gasteiger partial charge in [0.1, 0.15) is 10.8 Å². The van der Waals surface area contributed by atoms with Crippen molar-refractivity contribution in [2.75, 3.05) is 6.54 Å². The molecule has 0 bridgehead atoms. The quantitative estimate of drug-likeness (QED) is 0.738. The molecule has 114 valence electrons. The average molecular weight is 314 g/mol. The first-order valence-electron chi connectivity index (χ1n) is 7.45. The van der Waals surface area contributed by atoms with Crippen LogP contribution < -0.4 is 0 Å². The molecule has 1 atom stereocenters. The second-order valence-electron chi connectivity index (χ2n) is 5.69. The van der Waals surface area contributed by atoms with E-state index in [1.807, 2.05) is 40.9 Å². The van der Waals surface area contributed by atoms with E-state index in [1.165, 1.54) is 0 Å². The number of rotatable bonds is 4. The van der Waals surface area contributed by atoms with Gasteiger partial charge in [-0.05, 0) is 6.07 Å².